The van der Waals surface area contributed by atoms with Crippen molar-refractivity contribution in [1.29, 1.82) is 0 Å². The molecule has 0 saturated carbocycles. The molecule has 144 valence electrons. The van der Waals surface area contributed by atoms with Gasteiger partial charge in [0.05, 0.1) is 5.75 Å². The summed E-state index contributed by atoms with van der Waals surface area (Å²) in [5.74, 6) is 0.171. The fourth-order valence-corrected chi connectivity index (χ4v) is 3.26. The molecule has 0 saturated heterocycles. The van der Waals surface area contributed by atoms with E-state index in [1.807, 2.05) is 12.1 Å². The molecule has 1 aliphatic heterocycles. The highest BCUT2D eigenvalue weighted by Crippen LogP contribution is 2.42. The van der Waals surface area contributed by atoms with Crippen LogP contribution in [0.5, 0.6) is 11.5 Å². The van der Waals surface area contributed by atoms with Crippen molar-refractivity contribution in [2.45, 2.75) is 11.5 Å². The van der Waals surface area contributed by atoms with Crippen molar-refractivity contribution in [2.75, 3.05) is 11.1 Å². The van der Waals surface area contributed by atoms with E-state index in [0.717, 1.165) is 5.56 Å². The number of nitrogens with one attached hydrogen (secondary N) is 1. The van der Waals surface area contributed by atoms with Crippen molar-refractivity contribution in [3.8, 4) is 22.9 Å². The predicted molar refractivity (Wildman–Crippen MR) is 96.2 cm³/mol. The molecule has 2 aromatic heterocycles. The minimum Gasteiger partial charge on any atom is -0.395 e. The number of pyridine rings is 1. The third kappa shape index (κ3) is 3.74. The van der Waals surface area contributed by atoms with Gasteiger partial charge in [0.2, 0.25) is 5.91 Å². The van der Waals surface area contributed by atoms with Crippen LogP contribution in [0.1, 0.15) is 0 Å². The minimum absolute atomic E-state index is 0.0624. The Balaban J connectivity index is 1.38. The number of hydrogen-bond acceptors (Lipinski definition) is 7. The van der Waals surface area contributed by atoms with E-state index in [1.54, 1.807) is 24.0 Å². The number of carbonyl (C=O) groups is 1. The fraction of sp³-hybridized carbons (Fsp3) is 0.176. The van der Waals surface area contributed by atoms with Crippen LogP contribution in [-0.4, -0.2) is 37.7 Å². The Labute approximate surface area is 161 Å². The first kappa shape index (κ1) is 18.2. The van der Waals surface area contributed by atoms with Gasteiger partial charge in [-0.05, 0) is 24.3 Å². The number of hydrogen-bond donors (Lipinski definition) is 1. The number of benzene rings is 1. The molecule has 0 unspecified atom stereocenters. The van der Waals surface area contributed by atoms with Crippen LogP contribution in [-0.2, 0) is 11.8 Å². The summed E-state index contributed by atoms with van der Waals surface area (Å²) < 4.78 is 36.6. The van der Waals surface area contributed by atoms with Gasteiger partial charge in [0.1, 0.15) is 0 Å². The molecule has 0 atom stereocenters. The monoisotopic (exact) mass is 405 g/mol. The maximum atomic E-state index is 13.0. The number of thioether (sulfide) groups is 1. The number of halogens is 2. The normalized spacial score (nSPS) is 14.1. The van der Waals surface area contributed by atoms with Gasteiger partial charge in [-0.2, -0.15) is 0 Å². The summed E-state index contributed by atoms with van der Waals surface area (Å²) >= 11 is 1.20. The maximum Gasteiger partial charge on any atom is 0.586 e. The number of amides is 1. The zero-order valence-corrected chi connectivity index (χ0v) is 15.2. The molecule has 0 spiro atoms. The van der Waals surface area contributed by atoms with Gasteiger partial charge in [-0.1, -0.05) is 11.8 Å². The topological polar surface area (TPSA) is 91.2 Å². The number of fused-ring (bicyclic) bond motifs is 1. The van der Waals surface area contributed by atoms with Crippen LogP contribution in [0, 0.1) is 0 Å². The van der Waals surface area contributed by atoms with E-state index in [-0.39, 0.29) is 23.2 Å². The van der Waals surface area contributed by atoms with Crippen LogP contribution in [0.3, 0.4) is 0 Å². The molecule has 0 aliphatic carbocycles. The average molecular weight is 405 g/mol. The van der Waals surface area contributed by atoms with Gasteiger partial charge in [-0.15, -0.1) is 19.0 Å². The summed E-state index contributed by atoms with van der Waals surface area (Å²) in [4.78, 5) is 16.1. The highest BCUT2D eigenvalue weighted by atomic mass is 32.2. The molecular weight excluding hydrogens is 392 g/mol. The van der Waals surface area contributed by atoms with Crippen molar-refractivity contribution in [2.24, 2.45) is 7.05 Å². The number of anilines is 1. The summed E-state index contributed by atoms with van der Waals surface area (Å²) in [6.45, 7) is 0. The second kappa shape index (κ2) is 7.08. The van der Waals surface area contributed by atoms with Gasteiger partial charge in [0.15, 0.2) is 22.5 Å². The second-order valence-corrected chi connectivity index (χ2v) is 6.71. The van der Waals surface area contributed by atoms with Gasteiger partial charge < -0.3 is 19.4 Å². The molecule has 3 aromatic rings. The third-order valence-electron chi connectivity index (χ3n) is 3.79. The zero-order valence-electron chi connectivity index (χ0n) is 14.4. The van der Waals surface area contributed by atoms with E-state index >= 15 is 0 Å². The van der Waals surface area contributed by atoms with Gasteiger partial charge in [0, 0.05) is 36.8 Å². The second-order valence-electron chi connectivity index (χ2n) is 5.77. The lowest BCUT2D eigenvalue weighted by Gasteiger charge is -2.06. The number of nitrogens with zero attached hydrogens (tertiary/aromatic N) is 4. The van der Waals surface area contributed by atoms with Crippen molar-refractivity contribution < 1.29 is 23.0 Å². The summed E-state index contributed by atoms with van der Waals surface area (Å²) in [7, 11) is 1.80. The van der Waals surface area contributed by atoms with Gasteiger partial charge in [0.25, 0.3) is 0 Å². The summed E-state index contributed by atoms with van der Waals surface area (Å²) in [6.07, 6.45) is -0.379. The van der Waals surface area contributed by atoms with Gasteiger partial charge in [-0.25, -0.2) is 0 Å². The first-order valence-corrected chi connectivity index (χ1v) is 9.02. The smallest absolute Gasteiger partial charge is 0.395 e. The molecule has 4 rings (SSSR count). The van der Waals surface area contributed by atoms with Crippen LogP contribution in [0.2, 0.25) is 0 Å². The summed E-state index contributed by atoms with van der Waals surface area (Å²) in [5, 5.41) is 11.4. The molecular formula is C17H13F2N5O3S. The Morgan fingerprint density at radius 1 is 1.18 bits per heavy atom. The molecule has 0 bridgehead atoms. The molecule has 1 aromatic carbocycles. The number of aromatic nitrogens is 4. The predicted octanol–water partition coefficient (Wildman–Crippen LogP) is 2.93. The van der Waals surface area contributed by atoms with E-state index in [0.29, 0.717) is 16.7 Å². The van der Waals surface area contributed by atoms with Crippen LogP contribution in [0.4, 0.5) is 14.5 Å². The lowest BCUT2D eigenvalue weighted by atomic mass is 10.2. The van der Waals surface area contributed by atoms with Crippen LogP contribution in [0.25, 0.3) is 11.4 Å². The first-order valence-electron chi connectivity index (χ1n) is 8.04. The molecule has 1 N–H and O–H groups in total. The van der Waals surface area contributed by atoms with Crippen molar-refractivity contribution in [3.05, 3.63) is 42.7 Å². The largest absolute Gasteiger partial charge is 0.586 e. The Morgan fingerprint density at radius 2 is 1.93 bits per heavy atom. The molecule has 3 heterocycles. The van der Waals surface area contributed by atoms with Crippen molar-refractivity contribution in [3.63, 3.8) is 0 Å². The lowest BCUT2D eigenvalue weighted by molar-refractivity contribution is -0.286. The van der Waals surface area contributed by atoms with E-state index in [1.165, 1.54) is 30.0 Å². The Kier molecular flexibility index (Phi) is 4.59. The van der Waals surface area contributed by atoms with E-state index in [9.17, 15) is 13.6 Å². The van der Waals surface area contributed by atoms with Crippen LogP contribution in [0.15, 0.2) is 47.9 Å². The van der Waals surface area contributed by atoms with Crippen molar-refractivity contribution >= 4 is 23.4 Å². The first-order chi connectivity index (χ1) is 13.4. The number of ether oxygens (including phenoxy) is 2. The summed E-state index contributed by atoms with van der Waals surface area (Å²) in [6, 6.07) is 7.67. The van der Waals surface area contributed by atoms with E-state index < -0.39 is 6.29 Å². The van der Waals surface area contributed by atoms with Crippen molar-refractivity contribution in [1.82, 2.24) is 19.7 Å². The minimum atomic E-state index is -3.70. The third-order valence-corrected chi connectivity index (χ3v) is 4.81. The zero-order chi connectivity index (χ0) is 19.7. The Bertz CT molecular complexity index is 1030. The number of rotatable bonds is 5. The number of carbonyl (C=O) groups excluding carboxylic acids is 1. The van der Waals surface area contributed by atoms with Crippen LogP contribution < -0.4 is 14.8 Å². The Morgan fingerprint density at radius 3 is 2.71 bits per heavy atom. The quantitative estimate of drug-likeness (QED) is 0.653. The standard InChI is InChI=1S/C17H13F2N5O3S/c1-24-15(10-4-6-20-7-5-10)22-23-16(24)28-9-14(25)21-11-2-3-12-13(8-11)27-17(18,19)26-12/h2-8H,9H2,1H3,(H,21,25). The molecule has 0 radical (unpaired) electrons. The fourth-order valence-electron chi connectivity index (χ4n) is 2.55. The molecule has 1 aliphatic rings. The maximum absolute atomic E-state index is 13.0. The molecule has 11 heteroatoms. The van der Waals surface area contributed by atoms with Crippen LogP contribution >= 0.6 is 11.8 Å². The lowest BCUT2D eigenvalue weighted by Crippen LogP contribution is -2.25. The molecule has 8 nitrogen and oxygen atoms in total. The highest BCUT2D eigenvalue weighted by molar-refractivity contribution is 7.99. The number of alkyl halides is 2. The summed E-state index contributed by atoms with van der Waals surface area (Å²) in [5.41, 5.74) is 1.18. The molecule has 1 amide bonds. The molecule has 28 heavy (non-hydrogen) atoms. The SMILES string of the molecule is Cn1c(SCC(=O)Nc2ccc3c(c2)OC(F)(F)O3)nnc1-c1ccncc1. The highest BCUT2D eigenvalue weighted by Gasteiger charge is 2.43. The van der Waals surface area contributed by atoms with Gasteiger partial charge in [-0.3, -0.25) is 9.78 Å². The van der Waals surface area contributed by atoms with E-state index in [4.69, 9.17) is 0 Å². The van der Waals surface area contributed by atoms with E-state index in [2.05, 4.69) is 30.0 Å². The Hall–Kier alpha value is -3.21. The van der Waals surface area contributed by atoms with Gasteiger partial charge >= 0.3 is 6.29 Å². The average Bonchev–Trinajstić information content (AvgIpc) is 3.18. The molecule has 0 fully saturated rings.